The van der Waals surface area contributed by atoms with Gasteiger partial charge in [0.15, 0.2) is 0 Å². The molecule has 1 aliphatic heterocycles. The molecule has 1 fully saturated rings. The van der Waals surface area contributed by atoms with Crippen molar-refractivity contribution in [1.82, 2.24) is 9.80 Å². The van der Waals surface area contributed by atoms with Crippen molar-refractivity contribution in [1.29, 1.82) is 0 Å². The third kappa shape index (κ3) is 4.36. The summed E-state index contributed by atoms with van der Waals surface area (Å²) in [5.74, 6) is 0.395. The molecule has 126 valence electrons. The highest BCUT2D eigenvalue weighted by Gasteiger charge is 2.21. The molecule has 0 atom stereocenters. The second kappa shape index (κ2) is 7.49. The quantitative estimate of drug-likeness (QED) is 0.940. The molecular weight excluding hydrogens is 300 g/mol. The Labute approximate surface area is 143 Å². The number of hydrogen-bond acceptors (Lipinski definition) is 3. The molecule has 3 rings (SSSR count). The van der Waals surface area contributed by atoms with Gasteiger partial charge in [0.05, 0.1) is 6.42 Å². The molecule has 1 heterocycles. The van der Waals surface area contributed by atoms with Gasteiger partial charge in [-0.25, -0.2) is 0 Å². The number of nitrogens with zero attached hydrogens (tertiary/aromatic N) is 2. The third-order valence-corrected chi connectivity index (χ3v) is 4.51. The number of carbonyl (C=O) groups excluding carboxylic acids is 1. The number of amides is 1. The number of phenolic OH excluding ortho intramolecular Hbond substituents is 1. The molecule has 4 heteroatoms. The maximum absolute atomic E-state index is 12.4. The number of phenols is 1. The van der Waals surface area contributed by atoms with Gasteiger partial charge < -0.3 is 10.0 Å². The average Bonchev–Trinajstić information content (AvgIpc) is 2.57. The molecule has 0 spiro atoms. The van der Waals surface area contributed by atoms with Crippen LogP contribution in [0.5, 0.6) is 5.75 Å². The molecule has 0 aliphatic carbocycles. The number of piperazine rings is 1. The molecule has 1 N–H and O–H groups in total. The smallest absolute Gasteiger partial charge is 0.227 e. The number of hydrogen-bond donors (Lipinski definition) is 1. The van der Waals surface area contributed by atoms with Crippen LogP contribution in [0.25, 0.3) is 0 Å². The van der Waals surface area contributed by atoms with E-state index in [1.165, 1.54) is 11.1 Å². The van der Waals surface area contributed by atoms with Gasteiger partial charge in [-0.15, -0.1) is 0 Å². The van der Waals surface area contributed by atoms with Gasteiger partial charge >= 0.3 is 0 Å². The van der Waals surface area contributed by atoms with E-state index < -0.39 is 0 Å². The van der Waals surface area contributed by atoms with E-state index in [-0.39, 0.29) is 11.7 Å². The maximum atomic E-state index is 12.4. The van der Waals surface area contributed by atoms with Gasteiger partial charge in [-0.05, 0) is 30.2 Å². The zero-order valence-corrected chi connectivity index (χ0v) is 14.1. The van der Waals surface area contributed by atoms with Gasteiger partial charge in [-0.3, -0.25) is 9.69 Å². The van der Waals surface area contributed by atoms with Crippen LogP contribution in [0.2, 0.25) is 0 Å². The summed E-state index contributed by atoms with van der Waals surface area (Å²) in [5, 5.41) is 9.31. The Balaban J connectivity index is 1.49. The lowest BCUT2D eigenvalue weighted by Crippen LogP contribution is -2.48. The number of benzene rings is 2. The van der Waals surface area contributed by atoms with Crippen LogP contribution in [-0.2, 0) is 17.8 Å². The molecule has 2 aromatic rings. The second-order valence-corrected chi connectivity index (χ2v) is 6.49. The zero-order chi connectivity index (χ0) is 16.9. The molecule has 0 radical (unpaired) electrons. The lowest BCUT2D eigenvalue weighted by atomic mass is 10.1. The Bertz CT molecular complexity index is 689. The van der Waals surface area contributed by atoms with Crippen LogP contribution in [-0.4, -0.2) is 47.0 Å². The summed E-state index contributed by atoms with van der Waals surface area (Å²) < 4.78 is 0. The van der Waals surface area contributed by atoms with Crippen molar-refractivity contribution < 1.29 is 9.90 Å². The summed E-state index contributed by atoms with van der Waals surface area (Å²) in [4.78, 5) is 16.8. The number of carbonyl (C=O) groups is 1. The van der Waals surface area contributed by atoms with Crippen molar-refractivity contribution in [2.45, 2.75) is 19.9 Å². The first kappa shape index (κ1) is 16.5. The summed E-state index contributed by atoms with van der Waals surface area (Å²) in [6.07, 6.45) is 0.401. The van der Waals surface area contributed by atoms with Crippen LogP contribution >= 0.6 is 0 Å². The summed E-state index contributed by atoms with van der Waals surface area (Å²) in [7, 11) is 0. The van der Waals surface area contributed by atoms with Crippen molar-refractivity contribution >= 4 is 5.91 Å². The highest BCUT2D eigenvalue weighted by atomic mass is 16.3. The van der Waals surface area contributed by atoms with E-state index in [1.54, 1.807) is 24.3 Å². The zero-order valence-electron chi connectivity index (χ0n) is 14.1. The summed E-state index contributed by atoms with van der Waals surface area (Å²) in [5.41, 5.74) is 3.56. The van der Waals surface area contributed by atoms with Gasteiger partial charge in [0.1, 0.15) is 5.75 Å². The normalized spacial score (nSPS) is 15.5. The van der Waals surface area contributed by atoms with Gasteiger partial charge in [-0.1, -0.05) is 42.0 Å². The van der Waals surface area contributed by atoms with E-state index in [2.05, 4.69) is 36.1 Å². The van der Waals surface area contributed by atoms with Crippen molar-refractivity contribution in [2.75, 3.05) is 26.2 Å². The SMILES string of the molecule is Cc1cccc(CN2CCN(C(=O)Cc3ccc(O)cc3)CC2)c1. The van der Waals surface area contributed by atoms with Gasteiger partial charge in [0, 0.05) is 32.7 Å². The summed E-state index contributed by atoms with van der Waals surface area (Å²) in [6, 6.07) is 15.5. The van der Waals surface area contributed by atoms with Crippen molar-refractivity contribution in [2.24, 2.45) is 0 Å². The Morgan fingerprint density at radius 3 is 2.38 bits per heavy atom. The third-order valence-electron chi connectivity index (χ3n) is 4.51. The van der Waals surface area contributed by atoms with E-state index >= 15 is 0 Å². The minimum Gasteiger partial charge on any atom is -0.508 e. The van der Waals surface area contributed by atoms with Crippen LogP contribution in [0.1, 0.15) is 16.7 Å². The Kier molecular flexibility index (Phi) is 5.16. The summed E-state index contributed by atoms with van der Waals surface area (Å²) in [6.45, 7) is 6.45. The van der Waals surface area contributed by atoms with Crippen LogP contribution in [0, 0.1) is 6.92 Å². The minimum atomic E-state index is 0.163. The van der Waals surface area contributed by atoms with Gasteiger partial charge in [-0.2, -0.15) is 0 Å². The van der Waals surface area contributed by atoms with E-state index in [4.69, 9.17) is 0 Å². The second-order valence-electron chi connectivity index (χ2n) is 6.49. The standard InChI is InChI=1S/C20H24N2O2/c1-16-3-2-4-18(13-16)15-21-9-11-22(12-10-21)20(24)14-17-5-7-19(23)8-6-17/h2-8,13,23H,9-12,14-15H2,1H3. The fourth-order valence-corrected chi connectivity index (χ4v) is 3.12. The molecule has 0 bridgehead atoms. The molecule has 1 saturated heterocycles. The first-order chi connectivity index (χ1) is 11.6. The van der Waals surface area contributed by atoms with E-state index in [0.717, 1.165) is 38.3 Å². The maximum Gasteiger partial charge on any atom is 0.227 e. The Morgan fingerprint density at radius 2 is 1.71 bits per heavy atom. The predicted octanol–water partition coefficient (Wildman–Crippen LogP) is 2.59. The highest BCUT2D eigenvalue weighted by molar-refractivity contribution is 5.78. The summed E-state index contributed by atoms with van der Waals surface area (Å²) >= 11 is 0. The molecule has 0 saturated carbocycles. The number of rotatable bonds is 4. The molecule has 24 heavy (non-hydrogen) atoms. The van der Waals surface area contributed by atoms with Crippen LogP contribution in [0.4, 0.5) is 0 Å². The molecule has 2 aromatic carbocycles. The molecule has 1 aliphatic rings. The van der Waals surface area contributed by atoms with E-state index in [0.29, 0.717) is 6.42 Å². The largest absolute Gasteiger partial charge is 0.508 e. The fourth-order valence-electron chi connectivity index (χ4n) is 3.12. The van der Waals surface area contributed by atoms with Crippen molar-refractivity contribution in [3.63, 3.8) is 0 Å². The Hall–Kier alpha value is -2.33. The number of aryl methyl sites for hydroxylation is 1. The van der Waals surface area contributed by atoms with Crippen LogP contribution in [0.15, 0.2) is 48.5 Å². The van der Waals surface area contributed by atoms with E-state index in [9.17, 15) is 9.90 Å². The van der Waals surface area contributed by atoms with E-state index in [1.807, 2.05) is 4.90 Å². The van der Waals surface area contributed by atoms with Crippen molar-refractivity contribution in [3.8, 4) is 5.75 Å². The monoisotopic (exact) mass is 324 g/mol. The lowest BCUT2D eigenvalue weighted by molar-refractivity contribution is -0.132. The highest BCUT2D eigenvalue weighted by Crippen LogP contribution is 2.13. The lowest BCUT2D eigenvalue weighted by Gasteiger charge is -2.35. The van der Waals surface area contributed by atoms with Crippen molar-refractivity contribution in [3.05, 3.63) is 65.2 Å². The van der Waals surface area contributed by atoms with Crippen LogP contribution in [0.3, 0.4) is 0 Å². The first-order valence-corrected chi connectivity index (χ1v) is 8.44. The molecule has 0 aromatic heterocycles. The predicted molar refractivity (Wildman–Crippen MR) is 94.8 cm³/mol. The molecule has 1 amide bonds. The molecular formula is C20H24N2O2. The van der Waals surface area contributed by atoms with Gasteiger partial charge in [0.25, 0.3) is 0 Å². The average molecular weight is 324 g/mol. The minimum absolute atomic E-state index is 0.163. The van der Waals surface area contributed by atoms with Gasteiger partial charge in [0.2, 0.25) is 5.91 Å². The Morgan fingerprint density at radius 1 is 1.00 bits per heavy atom. The number of aromatic hydroxyl groups is 1. The molecule has 0 unspecified atom stereocenters. The molecule has 4 nitrogen and oxygen atoms in total. The fraction of sp³-hybridized carbons (Fsp3) is 0.350. The first-order valence-electron chi connectivity index (χ1n) is 8.44. The topological polar surface area (TPSA) is 43.8 Å². The van der Waals surface area contributed by atoms with Crippen LogP contribution < -0.4 is 0 Å².